The van der Waals surface area contributed by atoms with Crippen LogP contribution in [0.15, 0.2) is 28.8 Å². The molecular weight excluding hydrogens is 180 g/mol. The standard InChI is InChI=1S/C10H10N2O2/c1-7-3-4-9(14-7)10(13)8-5-6-11-12(8)2/h3-6H,1-2H3. The zero-order chi connectivity index (χ0) is 10.1. The number of nitrogens with zero attached hydrogens (tertiary/aromatic N) is 2. The first-order valence-corrected chi connectivity index (χ1v) is 4.27. The van der Waals surface area contributed by atoms with Gasteiger partial charge in [0.25, 0.3) is 0 Å². The molecule has 0 bridgehead atoms. The maximum atomic E-state index is 11.8. The van der Waals surface area contributed by atoms with Gasteiger partial charge in [-0.25, -0.2) is 0 Å². The van der Waals surface area contributed by atoms with Crippen LogP contribution in [0.3, 0.4) is 0 Å². The van der Waals surface area contributed by atoms with E-state index in [0.29, 0.717) is 11.5 Å². The van der Waals surface area contributed by atoms with Crippen molar-refractivity contribution in [2.75, 3.05) is 0 Å². The summed E-state index contributed by atoms with van der Waals surface area (Å²) in [5.74, 6) is 0.944. The zero-order valence-corrected chi connectivity index (χ0v) is 8.02. The molecule has 0 saturated carbocycles. The van der Waals surface area contributed by atoms with Crippen molar-refractivity contribution in [1.82, 2.24) is 9.78 Å². The van der Waals surface area contributed by atoms with Gasteiger partial charge in [-0.1, -0.05) is 0 Å². The van der Waals surface area contributed by atoms with Gasteiger partial charge in [0.1, 0.15) is 11.5 Å². The van der Waals surface area contributed by atoms with E-state index in [2.05, 4.69) is 5.10 Å². The average Bonchev–Trinajstić information content (AvgIpc) is 2.73. The number of rotatable bonds is 2. The lowest BCUT2D eigenvalue weighted by Gasteiger charge is -1.97. The number of carbonyl (C=O) groups is 1. The van der Waals surface area contributed by atoms with E-state index in [4.69, 9.17) is 4.42 Å². The van der Waals surface area contributed by atoms with E-state index in [-0.39, 0.29) is 5.78 Å². The summed E-state index contributed by atoms with van der Waals surface area (Å²) in [5, 5.41) is 3.92. The molecule has 0 aliphatic heterocycles. The van der Waals surface area contributed by atoms with E-state index >= 15 is 0 Å². The summed E-state index contributed by atoms with van der Waals surface area (Å²) in [5.41, 5.74) is 0.527. The summed E-state index contributed by atoms with van der Waals surface area (Å²) >= 11 is 0. The van der Waals surface area contributed by atoms with Gasteiger partial charge in [0.05, 0.1) is 0 Å². The molecule has 4 heteroatoms. The Kier molecular flexibility index (Phi) is 1.96. The first-order valence-electron chi connectivity index (χ1n) is 4.27. The Morgan fingerprint density at radius 2 is 2.21 bits per heavy atom. The molecule has 72 valence electrons. The van der Waals surface area contributed by atoms with Crippen molar-refractivity contribution in [3.8, 4) is 0 Å². The lowest BCUT2D eigenvalue weighted by molar-refractivity contribution is 0.0999. The second-order valence-corrected chi connectivity index (χ2v) is 3.08. The highest BCUT2D eigenvalue weighted by Crippen LogP contribution is 2.11. The van der Waals surface area contributed by atoms with Crippen molar-refractivity contribution < 1.29 is 9.21 Å². The van der Waals surface area contributed by atoms with E-state index in [0.717, 1.165) is 5.76 Å². The van der Waals surface area contributed by atoms with Crippen molar-refractivity contribution in [3.63, 3.8) is 0 Å². The molecule has 0 saturated heterocycles. The molecule has 0 aliphatic carbocycles. The summed E-state index contributed by atoms with van der Waals surface area (Å²) in [6.45, 7) is 1.81. The molecule has 0 amide bonds. The van der Waals surface area contributed by atoms with E-state index in [1.807, 2.05) is 0 Å². The fraction of sp³-hybridized carbons (Fsp3) is 0.200. The molecular formula is C10H10N2O2. The minimum atomic E-state index is -0.141. The van der Waals surface area contributed by atoms with Crippen LogP contribution in [-0.4, -0.2) is 15.6 Å². The number of hydrogen-bond acceptors (Lipinski definition) is 3. The third kappa shape index (κ3) is 1.35. The van der Waals surface area contributed by atoms with Crippen molar-refractivity contribution >= 4 is 5.78 Å². The Morgan fingerprint density at radius 1 is 1.43 bits per heavy atom. The summed E-state index contributed by atoms with van der Waals surface area (Å²) < 4.78 is 6.76. The van der Waals surface area contributed by atoms with Gasteiger partial charge in [-0.2, -0.15) is 5.10 Å². The smallest absolute Gasteiger partial charge is 0.246 e. The fourth-order valence-electron chi connectivity index (χ4n) is 1.28. The van der Waals surface area contributed by atoms with Crippen LogP contribution in [0.1, 0.15) is 22.0 Å². The monoisotopic (exact) mass is 190 g/mol. The highest BCUT2D eigenvalue weighted by molar-refractivity contribution is 6.05. The largest absolute Gasteiger partial charge is 0.458 e. The molecule has 0 spiro atoms. The van der Waals surface area contributed by atoms with Gasteiger partial charge in [0.15, 0.2) is 5.76 Å². The van der Waals surface area contributed by atoms with Gasteiger partial charge >= 0.3 is 0 Å². The quantitative estimate of drug-likeness (QED) is 0.675. The Hall–Kier alpha value is -1.84. The third-order valence-corrected chi connectivity index (χ3v) is 2.02. The summed E-state index contributed by atoms with van der Waals surface area (Å²) in [6.07, 6.45) is 1.59. The molecule has 0 N–H and O–H groups in total. The first-order chi connectivity index (χ1) is 6.68. The van der Waals surface area contributed by atoms with Crippen LogP contribution in [0.2, 0.25) is 0 Å². The number of aromatic nitrogens is 2. The molecule has 2 heterocycles. The Bertz CT molecular complexity index is 468. The Labute approximate surface area is 81.1 Å². The molecule has 4 nitrogen and oxygen atoms in total. The van der Waals surface area contributed by atoms with Gasteiger partial charge in [-0.05, 0) is 25.1 Å². The number of hydrogen-bond donors (Lipinski definition) is 0. The average molecular weight is 190 g/mol. The van der Waals surface area contributed by atoms with Crippen LogP contribution in [0.4, 0.5) is 0 Å². The number of ketones is 1. The molecule has 0 unspecified atom stereocenters. The number of furan rings is 1. The SMILES string of the molecule is Cc1ccc(C(=O)c2ccnn2C)o1. The van der Waals surface area contributed by atoms with Crippen molar-refractivity contribution in [2.24, 2.45) is 7.05 Å². The minimum absolute atomic E-state index is 0.141. The van der Waals surface area contributed by atoms with E-state index in [9.17, 15) is 4.79 Å². The van der Waals surface area contributed by atoms with Crippen LogP contribution in [0.5, 0.6) is 0 Å². The molecule has 0 atom stereocenters. The van der Waals surface area contributed by atoms with Crippen LogP contribution in [-0.2, 0) is 7.05 Å². The highest BCUT2D eigenvalue weighted by Gasteiger charge is 2.15. The van der Waals surface area contributed by atoms with E-state index < -0.39 is 0 Å². The first kappa shape index (κ1) is 8.74. The Morgan fingerprint density at radius 3 is 2.71 bits per heavy atom. The van der Waals surface area contributed by atoms with Crippen molar-refractivity contribution in [3.05, 3.63) is 41.6 Å². The van der Waals surface area contributed by atoms with Crippen molar-refractivity contribution in [1.29, 1.82) is 0 Å². The zero-order valence-electron chi connectivity index (χ0n) is 8.02. The maximum absolute atomic E-state index is 11.8. The molecule has 2 aromatic heterocycles. The third-order valence-electron chi connectivity index (χ3n) is 2.02. The highest BCUT2D eigenvalue weighted by atomic mass is 16.3. The Balaban J connectivity index is 2.38. The van der Waals surface area contributed by atoms with Crippen LogP contribution < -0.4 is 0 Å². The van der Waals surface area contributed by atoms with Gasteiger partial charge in [0, 0.05) is 13.2 Å². The van der Waals surface area contributed by atoms with E-state index in [1.54, 1.807) is 38.4 Å². The normalized spacial score (nSPS) is 10.4. The van der Waals surface area contributed by atoms with Crippen molar-refractivity contribution in [2.45, 2.75) is 6.92 Å². The molecule has 14 heavy (non-hydrogen) atoms. The number of aryl methyl sites for hydroxylation is 2. The summed E-state index contributed by atoms with van der Waals surface area (Å²) in [6, 6.07) is 5.11. The van der Waals surface area contributed by atoms with Crippen LogP contribution >= 0.6 is 0 Å². The summed E-state index contributed by atoms with van der Waals surface area (Å²) in [7, 11) is 1.73. The fourth-order valence-corrected chi connectivity index (χ4v) is 1.28. The van der Waals surface area contributed by atoms with Gasteiger partial charge < -0.3 is 4.42 Å². The molecule has 2 rings (SSSR count). The minimum Gasteiger partial charge on any atom is -0.458 e. The molecule has 0 radical (unpaired) electrons. The number of carbonyl (C=O) groups excluding carboxylic acids is 1. The van der Waals surface area contributed by atoms with E-state index in [1.165, 1.54) is 4.68 Å². The van der Waals surface area contributed by atoms with Crippen LogP contribution in [0.25, 0.3) is 0 Å². The second-order valence-electron chi connectivity index (χ2n) is 3.08. The lowest BCUT2D eigenvalue weighted by atomic mass is 10.2. The lowest BCUT2D eigenvalue weighted by Crippen LogP contribution is -2.07. The van der Waals surface area contributed by atoms with Crippen LogP contribution in [0, 0.1) is 6.92 Å². The molecule has 0 fully saturated rings. The molecule has 2 aromatic rings. The second kappa shape index (κ2) is 3.14. The summed E-state index contributed by atoms with van der Waals surface area (Å²) in [4.78, 5) is 11.8. The topological polar surface area (TPSA) is 48.0 Å². The molecule has 0 aromatic carbocycles. The predicted molar refractivity (Wildman–Crippen MR) is 50.1 cm³/mol. The maximum Gasteiger partial charge on any atom is 0.246 e. The predicted octanol–water partition coefficient (Wildman–Crippen LogP) is 1.55. The van der Waals surface area contributed by atoms with Gasteiger partial charge in [-0.15, -0.1) is 0 Å². The molecule has 0 aliphatic rings. The van der Waals surface area contributed by atoms with Gasteiger partial charge in [-0.3, -0.25) is 9.48 Å². The van der Waals surface area contributed by atoms with Gasteiger partial charge in [0.2, 0.25) is 5.78 Å².